The van der Waals surface area contributed by atoms with Crippen molar-refractivity contribution in [3.8, 4) is 0 Å². The summed E-state index contributed by atoms with van der Waals surface area (Å²) in [4.78, 5) is 8.76. The molecule has 0 saturated heterocycles. The molecule has 8 nitrogen and oxygen atoms in total. The molecule has 0 rings (SSSR count). The van der Waals surface area contributed by atoms with Crippen molar-refractivity contribution in [3.05, 3.63) is 0 Å². The fraction of sp³-hybridized carbons (Fsp3) is 1.00. The Kier molecular flexibility index (Phi) is 16.8. The van der Waals surface area contributed by atoms with Gasteiger partial charge in [-0.3, -0.25) is 0 Å². The quantitative estimate of drug-likeness (QED) is 0.163. The number of aliphatic hydroxyl groups excluding tert-OH is 4. The maximum absolute atomic E-state index is 8.71. The summed E-state index contributed by atoms with van der Waals surface area (Å²) >= 11 is 0. The molecular weight excluding hydrogens is 264 g/mol. The summed E-state index contributed by atoms with van der Waals surface area (Å²) in [6, 6.07) is 0. The third-order valence-corrected chi connectivity index (χ3v) is 3.02. The first kappa shape index (κ1) is 20.2. The summed E-state index contributed by atoms with van der Waals surface area (Å²) in [7, 11) is 2.17. The van der Waals surface area contributed by atoms with Crippen LogP contribution >= 0.6 is 0 Å². The molecule has 4 N–H and O–H groups in total. The first-order valence-corrected chi connectivity index (χ1v) is 7.49. The van der Waals surface area contributed by atoms with Gasteiger partial charge in [0.1, 0.15) is 25.4 Å². The molecule has 2 unspecified atom stereocenters. The van der Waals surface area contributed by atoms with E-state index in [2.05, 4.69) is 9.78 Å². The molecule has 0 heterocycles. The Bertz CT molecular complexity index is 146. The fourth-order valence-electron chi connectivity index (χ4n) is 0.455. The lowest BCUT2D eigenvalue weighted by Crippen LogP contribution is -2.23. The standard InChI is InChI=1S/C6H14O6.C3H10O2Si/c7-1-5(9)3-11-12-4-6(10)2-8;1-4-6(3)5-2/h5-10H,1-4H2;6H,1-3H3. The molecule has 0 aromatic heterocycles. The molecule has 0 aromatic rings. The van der Waals surface area contributed by atoms with Crippen LogP contribution < -0.4 is 0 Å². The van der Waals surface area contributed by atoms with E-state index in [4.69, 9.17) is 29.3 Å². The van der Waals surface area contributed by atoms with E-state index in [0.29, 0.717) is 0 Å². The van der Waals surface area contributed by atoms with Gasteiger partial charge in [0.05, 0.1) is 13.2 Å². The van der Waals surface area contributed by atoms with E-state index in [1.165, 1.54) is 0 Å². The molecule has 0 fully saturated rings. The molecule has 0 aliphatic rings. The normalized spacial score (nSPS) is 14.0. The average molecular weight is 288 g/mol. The van der Waals surface area contributed by atoms with Crippen molar-refractivity contribution in [2.75, 3.05) is 40.6 Å². The molecule has 0 aliphatic heterocycles. The van der Waals surface area contributed by atoms with Crippen molar-refractivity contribution in [2.24, 2.45) is 0 Å². The molecule has 0 saturated carbocycles. The monoisotopic (exact) mass is 288 g/mol. The highest BCUT2D eigenvalue weighted by molar-refractivity contribution is 6.42. The van der Waals surface area contributed by atoms with Gasteiger partial charge in [-0.25, -0.2) is 9.78 Å². The van der Waals surface area contributed by atoms with Gasteiger partial charge >= 0.3 is 9.28 Å². The maximum Gasteiger partial charge on any atom is 0.317 e. The van der Waals surface area contributed by atoms with Crippen LogP contribution in [0.2, 0.25) is 6.55 Å². The van der Waals surface area contributed by atoms with E-state index in [1.807, 2.05) is 6.55 Å². The highest BCUT2D eigenvalue weighted by atomic mass is 28.3. The predicted molar refractivity (Wildman–Crippen MR) is 65.1 cm³/mol. The SMILES string of the molecule is CO[SiH](C)OC.OCC(O)COOCC(O)CO. The van der Waals surface area contributed by atoms with E-state index in [1.54, 1.807) is 14.2 Å². The largest absolute Gasteiger partial charge is 0.400 e. The minimum Gasteiger partial charge on any atom is -0.400 e. The number of aliphatic hydroxyl groups is 4. The summed E-state index contributed by atoms with van der Waals surface area (Å²) < 4.78 is 9.63. The summed E-state index contributed by atoms with van der Waals surface area (Å²) in [6.07, 6.45) is -1.98. The van der Waals surface area contributed by atoms with Crippen molar-refractivity contribution < 1.29 is 39.1 Å². The minimum absolute atomic E-state index is 0.172. The Morgan fingerprint density at radius 2 is 1.22 bits per heavy atom. The van der Waals surface area contributed by atoms with E-state index in [0.717, 1.165) is 0 Å². The number of hydrogen-bond acceptors (Lipinski definition) is 8. The van der Waals surface area contributed by atoms with Crippen LogP contribution in [-0.2, 0) is 18.6 Å². The second-order valence-corrected chi connectivity index (χ2v) is 5.36. The Morgan fingerprint density at radius 1 is 0.889 bits per heavy atom. The summed E-state index contributed by atoms with van der Waals surface area (Å²) in [5.41, 5.74) is 0. The Labute approximate surface area is 108 Å². The van der Waals surface area contributed by atoms with Crippen LogP contribution in [0.3, 0.4) is 0 Å². The Morgan fingerprint density at radius 3 is 1.39 bits per heavy atom. The molecular formula is C9H24O8Si. The van der Waals surface area contributed by atoms with E-state index < -0.39 is 34.7 Å². The van der Waals surface area contributed by atoms with Crippen molar-refractivity contribution in [3.63, 3.8) is 0 Å². The smallest absolute Gasteiger partial charge is 0.317 e. The Hall–Kier alpha value is -0.103. The van der Waals surface area contributed by atoms with Gasteiger partial charge in [-0.15, -0.1) is 0 Å². The van der Waals surface area contributed by atoms with Crippen LogP contribution in [0.4, 0.5) is 0 Å². The number of rotatable bonds is 9. The van der Waals surface area contributed by atoms with Crippen LogP contribution in [0.5, 0.6) is 0 Å². The lowest BCUT2D eigenvalue weighted by Gasteiger charge is -2.09. The molecule has 0 aromatic carbocycles. The lowest BCUT2D eigenvalue weighted by atomic mass is 10.4. The van der Waals surface area contributed by atoms with Crippen molar-refractivity contribution in [1.29, 1.82) is 0 Å². The van der Waals surface area contributed by atoms with Gasteiger partial charge in [-0.05, 0) is 6.55 Å². The van der Waals surface area contributed by atoms with Crippen LogP contribution in [0, 0.1) is 0 Å². The van der Waals surface area contributed by atoms with Crippen molar-refractivity contribution >= 4 is 9.28 Å². The van der Waals surface area contributed by atoms with Crippen LogP contribution in [-0.4, -0.2) is 82.6 Å². The zero-order valence-corrected chi connectivity index (χ0v) is 12.1. The highest BCUT2D eigenvalue weighted by Crippen LogP contribution is 1.88. The van der Waals surface area contributed by atoms with Gasteiger partial charge in [0, 0.05) is 14.2 Å². The zero-order chi connectivity index (χ0) is 14.4. The van der Waals surface area contributed by atoms with Gasteiger partial charge in [0.25, 0.3) is 0 Å². The average Bonchev–Trinajstić information content (AvgIpc) is 2.42. The summed E-state index contributed by atoms with van der Waals surface area (Å²) in [6.45, 7) is 0.807. The van der Waals surface area contributed by atoms with Gasteiger partial charge in [-0.2, -0.15) is 0 Å². The second kappa shape index (κ2) is 15.0. The van der Waals surface area contributed by atoms with Gasteiger partial charge < -0.3 is 29.3 Å². The van der Waals surface area contributed by atoms with E-state index in [-0.39, 0.29) is 13.2 Å². The number of hydrogen-bond donors (Lipinski definition) is 4. The van der Waals surface area contributed by atoms with Crippen LogP contribution in [0.1, 0.15) is 0 Å². The van der Waals surface area contributed by atoms with Gasteiger partial charge in [0.15, 0.2) is 0 Å². The molecule has 0 aliphatic carbocycles. The summed E-state index contributed by atoms with van der Waals surface area (Å²) in [5, 5.41) is 34.1. The van der Waals surface area contributed by atoms with Gasteiger partial charge in [0.2, 0.25) is 0 Å². The van der Waals surface area contributed by atoms with Crippen molar-refractivity contribution in [1.82, 2.24) is 0 Å². The highest BCUT2D eigenvalue weighted by Gasteiger charge is 2.04. The van der Waals surface area contributed by atoms with Crippen LogP contribution in [0.25, 0.3) is 0 Å². The molecule has 18 heavy (non-hydrogen) atoms. The van der Waals surface area contributed by atoms with Crippen molar-refractivity contribution in [2.45, 2.75) is 18.8 Å². The molecule has 0 bridgehead atoms. The molecule has 9 heteroatoms. The molecule has 0 spiro atoms. The molecule has 112 valence electrons. The first-order valence-electron chi connectivity index (χ1n) is 5.39. The minimum atomic E-state index is -1.16. The van der Waals surface area contributed by atoms with E-state index >= 15 is 0 Å². The lowest BCUT2D eigenvalue weighted by molar-refractivity contribution is -0.316. The summed E-state index contributed by atoms with van der Waals surface area (Å²) in [5.74, 6) is 0. The van der Waals surface area contributed by atoms with E-state index in [9.17, 15) is 0 Å². The predicted octanol–water partition coefficient (Wildman–Crippen LogP) is -2.23. The Balaban J connectivity index is 0. The maximum atomic E-state index is 8.71. The molecule has 2 atom stereocenters. The third-order valence-electron chi connectivity index (χ3n) is 1.69. The topological polar surface area (TPSA) is 118 Å². The second-order valence-electron chi connectivity index (χ2n) is 3.28. The third kappa shape index (κ3) is 15.9. The molecule has 0 radical (unpaired) electrons. The van der Waals surface area contributed by atoms with Crippen LogP contribution in [0.15, 0.2) is 0 Å². The zero-order valence-electron chi connectivity index (χ0n) is 11.0. The molecule has 0 amide bonds. The fourth-order valence-corrected chi connectivity index (χ4v) is 0.647. The first-order chi connectivity index (χ1) is 8.51. The van der Waals surface area contributed by atoms with Gasteiger partial charge in [-0.1, -0.05) is 0 Å².